The van der Waals surface area contributed by atoms with Gasteiger partial charge in [-0.2, -0.15) is 0 Å². The van der Waals surface area contributed by atoms with Crippen molar-refractivity contribution in [1.82, 2.24) is 15.3 Å². The fraction of sp³-hybridized carbons (Fsp3) is 0.353. The van der Waals surface area contributed by atoms with Crippen molar-refractivity contribution in [3.63, 3.8) is 0 Å². The second kappa shape index (κ2) is 7.00. The van der Waals surface area contributed by atoms with E-state index in [0.29, 0.717) is 11.7 Å². The Bertz CT molecular complexity index is 768. The highest BCUT2D eigenvalue weighted by molar-refractivity contribution is 7.99. The summed E-state index contributed by atoms with van der Waals surface area (Å²) in [7, 11) is 0. The maximum absolute atomic E-state index is 11.9. The highest BCUT2D eigenvalue weighted by Gasteiger charge is 2.17. The van der Waals surface area contributed by atoms with Gasteiger partial charge >= 0.3 is 0 Å². The zero-order valence-electron chi connectivity index (χ0n) is 13.0. The Morgan fingerprint density at radius 1 is 1.30 bits per heavy atom. The fourth-order valence-corrected chi connectivity index (χ4v) is 3.29. The Morgan fingerprint density at radius 2 is 2.09 bits per heavy atom. The molecule has 0 bridgehead atoms. The van der Waals surface area contributed by atoms with Crippen LogP contribution in [-0.4, -0.2) is 21.6 Å². The Kier molecular flexibility index (Phi) is 4.81. The number of amides is 1. The number of aromatic amines is 1. The Morgan fingerprint density at radius 3 is 2.87 bits per heavy atom. The van der Waals surface area contributed by atoms with E-state index in [4.69, 9.17) is 0 Å². The molecule has 0 unspecified atom stereocenters. The molecule has 5 nitrogen and oxygen atoms in total. The fourth-order valence-electron chi connectivity index (χ4n) is 2.58. The molecule has 2 aromatic rings. The first kappa shape index (κ1) is 15.8. The van der Waals surface area contributed by atoms with Crippen LogP contribution in [0.25, 0.3) is 0 Å². The minimum absolute atomic E-state index is 0.0601. The van der Waals surface area contributed by atoms with Crippen molar-refractivity contribution in [3.8, 4) is 0 Å². The Balaban J connectivity index is 1.52. The van der Waals surface area contributed by atoms with Crippen LogP contribution in [0.3, 0.4) is 0 Å². The number of hydrogen-bond acceptors (Lipinski definition) is 4. The lowest BCUT2D eigenvalue weighted by molar-refractivity contribution is -0.118. The maximum Gasteiger partial charge on any atom is 0.254 e. The van der Waals surface area contributed by atoms with Crippen molar-refractivity contribution in [2.45, 2.75) is 37.9 Å². The molecule has 0 atom stereocenters. The first-order valence-electron chi connectivity index (χ1n) is 7.69. The SMILES string of the molecule is Cc1ccc(CNC(=O)CSc2nc3c(c(=O)[nH]2)CCC3)cc1. The summed E-state index contributed by atoms with van der Waals surface area (Å²) in [4.78, 5) is 31.0. The quantitative estimate of drug-likeness (QED) is 0.650. The van der Waals surface area contributed by atoms with Crippen molar-refractivity contribution in [2.24, 2.45) is 0 Å². The van der Waals surface area contributed by atoms with Gasteiger partial charge < -0.3 is 10.3 Å². The van der Waals surface area contributed by atoms with Crippen molar-refractivity contribution < 1.29 is 4.79 Å². The van der Waals surface area contributed by atoms with Gasteiger partial charge in [0.25, 0.3) is 5.56 Å². The minimum Gasteiger partial charge on any atom is -0.351 e. The number of hydrogen-bond donors (Lipinski definition) is 2. The number of rotatable bonds is 5. The van der Waals surface area contributed by atoms with Crippen LogP contribution in [0.2, 0.25) is 0 Å². The van der Waals surface area contributed by atoms with E-state index < -0.39 is 0 Å². The van der Waals surface area contributed by atoms with E-state index in [0.717, 1.165) is 36.1 Å². The largest absolute Gasteiger partial charge is 0.351 e. The molecule has 0 saturated carbocycles. The summed E-state index contributed by atoms with van der Waals surface area (Å²) in [6.45, 7) is 2.54. The molecular weight excluding hydrogens is 310 g/mol. The Hall–Kier alpha value is -2.08. The first-order valence-corrected chi connectivity index (χ1v) is 8.67. The van der Waals surface area contributed by atoms with Gasteiger partial charge in [-0.15, -0.1) is 0 Å². The lowest BCUT2D eigenvalue weighted by Crippen LogP contribution is -2.25. The molecule has 0 fully saturated rings. The number of aromatic nitrogens is 2. The third-order valence-electron chi connectivity index (χ3n) is 3.87. The topological polar surface area (TPSA) is 74.8 Å². The van der Waals surface area contributed by atoms with E-state index in [1.54, 1.807) is 0 Å². The predicted octanol–water partition coefficient (Wildman–Crippen LogP) is 1.98. The van der Waals surface area contributed by atoms with Crippen molar-refractivity contribution in [3.05, 3.63) is 57.0 Å². The molecular formula is C17H19N3O2S. The van der Waals surface area contributed by atoms with Gasteiger partial charge in [-0.05, 0) is 31.7 Å². The third-order valence-corrected chi connectivity index (χ3v) is 4.74. The first-order chi connectivity index (χ1) is 11.1. The average Bonchev–Trinajstić information content (AvgIpc) is 3.01. The Labute approximate surface area is 138 Å². The van der Waals surface area contributed by atoms with E-state index in [2.05, 4.69) is 15.3 Å². The summed E-state index contributed by atoms with van der Waals surface area (Å²) in [6.07, 6.45) is 2.64. The monoisotopic (exact) mass is 329 g/mol. The minimum atomic E-state index is -0.0706. The van der Waals surface area contributed by atoms with Crippen LogP contribution in [0, 0.1) is 6.92 Å². The molecule has 1 aromatic carbocycles. The van der Waals surface area contributed by atoms with Crippen molar-refractivity contribution in [2.75, 3.05) is 5.75 Å². The van der Waals surface area contributed by atoms with E-state index in [1.165, 1.54) is 17.3 Å². The molecule has 1 aliphatic rings. The van der Waals surface area contributed by atoms with Crippen molar-refractivity contribution >= 4 is 17.7 Å². The molecule has 1 aromatic heterocycles. The molecule has 0 saturated heterocycles. The van der Waals surface area contributed by atoms with Crippen LogP contribution in [0.5, 0.6) is 0 Å². The summed E-state index contributed by atoms with van der Waals surface area (Å²) >= 11 is 1.27. The van der Waals surface area contributed by atoms with Gasteiger partial charge in [-0.25, -0.2) is 4.98 Å². The summed E-state index contributed by atoms with van der Waals surface area (Å²) in [6, 6.07) is 8.05. The number of H-pyrrole nitrogens is 1. The maximum atomic E-state index is 11.9. The van der Waals surface area contributed by atoms with Gasteiger partial charge in [0.2, 0.25) is 5.91 Å². The normalized spacial score (nSPS) is 12.9. The van der Waals surface area contributed by atoms with E-state index in [-0.39, 0.29) is 17.2 Å². The molecule has 3 rings (SSSR count). The molecule has 0 aliphatic heterocycles. The van der Waals surface area contributed by atoms with Gasteiger partial charge in [-0.1, -0.05) is 41.6 Å². The predicted molar refractivity (Wildman–Crippen MR) is 90.6 cm³/mol. The second-order valence-corrected chi connectivity index (χ2v) is 6.66. The average molecular weight is 329 g/mol. The van der Waals surface area contributed by atoms with Gasteiger partial charge in [-0.3, -0.25) is 9.59 Å². The van der Waals surface area contributed by atoms with Crippen LogP contribution in [0.1, 0.15) is 28.8 Å². The van der Waals surface area contributed by atoms with Crippen LogP contribution in [-0.2, 0) is 24.2 Å². The van der Waals surface area contributed by atoms with E-state index >= 15 is 0 Å². The highest BCUT2D eigenvalue weighted by Crippen LogP contribution is 2.19. The number of fused-ring (bicyclic) bond motifs is 1. The highest BCUT2D eigenvalue weighted by atomic mass is 32.2. The second-order valence-electron chi connectivity index (χ2n) is 5.70. The van der Waals surface area contributed by atoms with Gasteiger partial charge in [0.05, 0.1) is 11.4 Å². The molecule has 0 spiro atoms. The number of aryl methyl sites for hydroxylation is 2. The number of benzene rings is 1. The summed E-state index contributed by atoms with van der Waals surface area (Å²) in [5.74, 6) is 0.173. The molecule has 23 heavy (non-hydrogen) atoms. The molecule has 1 aliphatic carbocycles. The van der Waals surface area contributed by atoms with Crippen molar-refractivity contribution in [1.29, 1.82) is 0 Å². The summed E-state index contributed by atoms with van der Waals surface area (Å²) < 4.78 is 0. The van der Waals surface area contributed by atoms with E-state index in [1.807, 2.05) is 31.2 Å². The van der Waals surface area contributed by atoms with Crippen LogP contribution in [0.4, 0.5) is 0 Å². The number of carbonyl (C=O) groups excluding carboxylic acids is 1. The van der Waals surface area contributed by atoms with Crippen LogP contribution in [0.15, 0.2) is 34.2 Å². The van der Waals surface area contributed by atoms with Gasteiger partial charge in [0.1, 0.15) is 0 Å². The van der Waals surface area contributed by atoms with Gasteiger partial charge in [0, 0.05) is 12.1 Å². The van der Waals surface area contributed by atoms with E-state index in [9.17, 15) is 9.59 Å². The lowest BCUT2D eigenvalue weighted by atomic mass is 10.1. The standard InChI is InChI=1S/C17H19N3O2S/c1-11-5-7-12(8-6-11)9-18-15(21)10-23-17-19-14-4-2-3-13(14)16(22)20-17/h5-8H,2-4,9-10H2,1H3,(H,18,21)(H,19,20,22). The number of carbonyl (C=O) groups is 1. The number of nitrogens with zero attached hydrogens (tertiary/aromatic N) is 1. The summed E-state index contributed by atoms with van der Waals surface area (Å²) in [5, 5.41) is 3.40. The zero-order valence-corrected chi connectivity index (χ0v) is 13.8. The molecule has 2 N–H and O–H groups in total. The molecule has 120 valence electrons. The number of thioether (sulfide) groups is 1. The van der Waals surface area contributed by atoms with Gasteiger partial charge in [0.15, 0.2) is 5.16 Å². The van der Waals surface area contributed by atoms with Crippen LogP contribution >= 0.6 is 11.8 Å². The molecule has 6 heteroatoms. The van der Waals surface area contributed by atoms with Crippen LogP contribution < -0.4 is 10.9 Å². The summed E-state index contributed by atoms with van der Waals surface area (Å²) in [5.41, 5.74) is 3.89. The molecule has 1 amide bonds. The molecule has 1 heterocycles. The lowest BCUT2D eigenvalue weighted by Gasteiger charge is -2.06. The molecule has 0 radical (unpaired) electrons. The smallest absolute Gasteiger partial charge is 0.254 e. The third kappa shape index (κ3) is 4.01. The zero-order chi connectivity index (χ0) is 16.2. The number of nitrogens with one attached hydrogen (secondary N) is 2.